The quantitative estimate of drug-likeness (QED) is 0.0453. The number of hydrogen-bond acceptors (Lipinski definition) is 12. The predicted molar refractivity (Wildman–Crippen MR) is 302 cm³/mol. The van der Waals surface area contributed by atoms with E-state index in [4.69, 9.17) is 26.4 Å². The normalized spacial score (nSPS) is 12.2. The molecule has 3 amide bonds. The van der Waals surface area contributed by atoms with Gasteiger partial charge in [-0.05, 0) is 145 Å². The summed E-state index contributed by atoms with van der Waals surface area (Å²) < 4.78 is 9.42. The second-order valence-corrected chi connectivity index (χ2v) is 19.7. The first-order chi connectivity index (χ1) is 37.0. The topological polar surface area (TPSA) is 271 Å². The minimum Gasteiger partial charge on any atom is -0.481 e. The number of fused-ring (bicyclic) bond motifs is 3. The molecule has 78 heavy (non-hydrogen) atoms. The fraction of sp³-hybridized carbons (Fsp3) is 0.271. The first kappa shape index (κ1) is 57.9. The first-order valence-corrected chi connectivity index (χ1v) is 25.1. The minimum atomic E-state index is -1.06. The van der Waals surface area contributed by atoms with E-state index in [-0.39, 0.29) is 42.4 Å². The number of aliphatic carboxylic acids is 2. The summed E-state index contributed by atoms with van der Waals surface area (Å²) in [6.45, 7) is 6.48. The molecule has 6 heterocycles. The number of esters is 1. The van der Waals surface area contributed by atoms with E-state index in [1.54, 1.807) is 53.5 Å². The van der Waals surface area contributed by atoms with Crippen molar-refractivity contribution in [2.24, 2.45) is 14.1 Å². The van der Waals surface area contributed by atoms with E-state index in [0.717, 1.165) is 61.5 Å². The van der Waals surface area contributed by atoms with E-state index in [1.807, 2.05) is 78.3 Å². The smallest absolute Gasteiger partial charge is 0.331 e. The zero-order chi connectivity index (χ0) is 56.7. The third-order valence-corrected chi connectivity index (χ3v) is 12.5. The Labute approximate surface area is 452 Å². The highest BCUT2D eigenvalue weighted by Crippen LogP contribution is 2.24. The fourth-order valence-corrected chi connectivity index (χ4v) is 8.31. The van der Waals surface area contributed by atoms with Crippen molar-refractivity contribution in [3.63, 3.8) is 0 Å². The van der Waals surface area contributed by atoms with Crippen LogP contribution < -0.4 is 16.8 Å². The number of nitrogen functional groups attached to an aromatic ring is 2. The van der Waals surface area contributed by atoms with Crippen molar-refractivity contribution in [2.45, 2.75) is 78.0 Å². The lowest BCUT2D eigenvalue weighted by molar-refractivity contribution is -0.148. The summed E-state index contributed by atoms with van der Waals surface area (Å²) >= 11 is 0. The highest BCUT2D eigenvalue weighted by atomic mass is 16.6. The van der Waals surface area contributed by atoms with Gasteiger partial charge in [-0.3, -0.25) is 19.2 Å². The number of aromatic nitrogens is 5. The molecule has 5 aromatic heterocycles. The molecule has 1 aliphatic heterocycles. The number of nitrogens with one attached hydrogen (secondary N) is 1. The highest BCUT2D eigenvalue weighted by Gasteiger charge is 2.18. The molecule has 8 rings (SSSR count). The largest absolute Gasteiger partial charge is 0.481 e. The van der Waals surface area contributed by atoms with Crippen molar-refractivity contribution in [1.29, 1.82) is 0 Å². The van der Waals surface area contributed by atoms with Gasteiger partial charge < -0.3 is 50.7 Å². The number of nitrogens with zero attached hydrogens (tertiary/aromatic N) is 7. The summed E-state index contributed by atoms with van der Waals surface area (Å²) in [5.74, 6) is -1.20. The van der Waals surface area contributed by atoms with Gasteiger partial charge in [-0.2, -0.15) is 0 Å². The number of carboxylic acids is 2. The van der Waals surface area contributed by atoms with Gasteiger partial charge in [-0.1, -0.05) is 36.4 Å². The van der Waals surface area contributed by atoms with E-state index in [2.05, 4.69) is 65.8 Å². The van der Waals surface area contributed by atoms with Gasteiger partial charge in [-0.25, -0.2) is 24.5 Å². The molecule has 7 N–H and O–H groups in total. The predicted octanol–water partition coefficient (Wildman–Crippen LogP) is 8.01. The van der Waals surface area contributed by atoms with Crippen LogP contribution in [0.4, 0.5) is 17.5 Å². The van der Waals surface area contributed by atoms with Gasteiger partial charge in [0.05, 0.1) is 13.1 Å². The number of amides is 3. The monoisotopic (exact) mass is 1060 g/mol. The molecule has 0 aliphatic carbocycles. The van der Waals surface area contributed by atoms with E-state index >= 15 is 0 Å². The van der Waals surface area contributed by atoms with Crippen molar-refractivity contribution < 1.29 is 43.7 Å². The number of rotatable bonds is 16. The number of likely N-dealkylation sites (N-methyl/N-ethyl adjacent to an activating group) is 1. The number of pyridine rings is 3. The van der Waals surface area contributed by atoms with Gasteiger partial charge in [0.2, 0.25) is 17.7 Å². The number of benzene rings is 2. The fourth-order valence-electron chi connectivity index (χ4n) is 8.31. The van der Waals surface area contributed by atoms with Crippen molar-refractivity contribution in [3.8, 4) is 0 Å². The first-order valence-electron chi connectivity index (χ1n) is 25.1. The molecule has 0 bridgehead atoms. The maximum atomic E-state index is 13.0. The van der Waals surface area contributed by atoms with Crippen LogP contribution in [0, 0.1) is 0 Å². The third kappa shape index (κ3) is 16.8. The molecule has 0 fully saturated rings. The molecule has 7 aromatic rings. The second kappa shape index (κ2) is 26.4. The van der Waals surface area contributed by atoms with Crippen LogP contribution in [0.2, 0.25) is 0 Å². The Morgan fingerprint density at radius 3 is 1.72 bits per heavy atom. The van der Waals surface area contributed by atoms with Crippen molar-refractivity contribution >= 4 is 93.1 Å². The Kier molecular flexibility index (Phi) is 19.6. The number of carbonyl (C=O) groups excluding carboxylic acids is 4. The highest BCUT2D eigenvalue weighted by molar-refractivity contribution is 5.94. The Bertz CT molecular complexity index is 3440. The Morgan fingerprint density at radius 2 is 1.18 bits per heavy atom. The summed E-state index contributed by atoms with van der Waals surface area (Å²) in [4.78, 5) is 85.2. The van der Waals surface area contributed by atoms with Crippen LogP contribution in [0.1, 0.15) is 84.8 Å². The van der Waals surface area contributed by atoms with Crippen LogP contribution in [-0.2, 0) is 80.0 Å². The third-order valence-electron chi connectivity index (χ3n) is 12.5. The summed E-state index contributed by atoms with van der Waals surface area (Å²) in [5.41, 5.74) is 20.1. The molecular weight excluding hydrogens is 993 g/mol. The lowest BCUT2D eigenvalue weighted by atomic mass is 10.0. The van der Waals surface area contributed by atoms with Gasteiger partial charge in [-0.15, -0.1) is 0 Å². The zero-order valence-electron chi connectivity index (χ0n) is 44.9. The Balaban J connectivity index is 0.000000220. The zero-order valence-corrected chi connectivity index (χ0v) is 44.9. The van der Waals surface area contributed by atoms with Crippen LogP contribution in [0.25, 0.3) is 40.0 Å². The van der Waals surface area contributed by atoms with Crippen molar-refractivity contribution in [3.05, 3.63) is 160 Å². The maximum absolute atomic E-state index is 13.0. The van der Waals surface area contributed by atoms with E-state index in [0.29, 0.717) is 61.5 Å². The second-order valence-electron chi connectivity index (χ2n) is 19.7. The van der Waals surface area contributed by atoms with Gasteiger partial charge in [0.1, 0.15) is 23.1 Å². The number of anilines is 3. The molecule has 0 atom stereocenters. The molecule has 19 heteroatoms. The number of nitrogens with two attached hydrogens (primary N) is 2. The SMILES string of the molecule is CC(C)(C)OC(=O)/C=C/c1cnc2c(c1)CCC(=O)N2.CN(Cc1cc2ccccc2n1C)C(=O)/C=C/c1cnc(N)c(CCC(=O)N(C)Cc2cc3ccccc3n2C)c1.Nc1ncc(/C=C/C(=O)O)cc1CCC(=O)O. The molecule has 19 nitrogen and oxygen atoms in total. The van der Waals surface area contributed by atoms with E-state index in [1.165, 1.54) is 18.3 Å². The molecule has 0 saturated carbocycles. The Morgan fingerprint density at radius 1 is 0.679 bits per heavy atom. The molecular formula is C59H66N10O9. The lowest BCUT2D eigenvalue weighted by Crippen LogP contribution is -2.27. The van der Waals surface area contributed by atoms with E-state index in [9.17, 15) is 28.8 Å². The summed E-state index contributed by atoms with van der Waals surface area (Å²) in [5, 5.41) is 22.1. The number of ether oxygens (including phenoxy) is 1. The van der Waals surface area contributed by atoms with Crippen LogP contribution in [-0.4, -0.2) is 99.4 Å². The lowest BCUT2D eigenvalue weighted by Gasteiger charge is -2.18. The van der Waals surface area contributed by atoms with Crippen LogP contribution in [0.5, 0.6) is 0 Å². The average Bonchev–Trinajstić information content (AvgIpc) is 3.89. The molecule has 2 aromatic carbocycles. The molecule has 0 spiro atoms. The van der Waals surface area contributed by atoms with Crippen LogP contribution >= 0.6 is 0 Å². The number of para-hydroxylation sites is 2. The molecule has 0 radical (unpaired) electrons. The molecule has 1 aliphatic rings. The van der Waals surface area contributed by atoms with Gasteiger partial charge >= 0.3 is 17.9 Å². The van der Waals surface area contributed by atoms with E-state index < -0.39 is 17.5 Å². The van der Waals surface area contributed by atoms with Crippen molar-refractivity contribution in [2.75, 3.05) is 30.9 Å². The molecule has 0 unspecified atom stereocenters. The van der Waals surface area contributed by atoms with Crippen LogP contribution in [0.3, 0.4) is 0 Å². The maximum Gasteiger partial charge on any atom is 0.331 e. The number of carboxylic acid groups (broad SMARTS) is 2. The number of carbonyl (C=O) groups is 6. The summed E-state index contributed by atoms with van der Waals surface area (Å²) in [6, 6.07) is 26.0. The summed E-state index contributed by atoms with van der Waals surface area (Å²) in [7, 11) is 7.64. The number of aryl methyl sites for hydroxylation is 5. The Hall–Kier alpha value is -9.39. The van der Waals surface area contributed by atoms with Gasteiger partial charge in [0.15, 0.2) is 0 Å². The van der Waals surface area contributed by atoms with Gasteiger partial charge in [0.25, 0.3) is 0 Å². The summed E-state index contributed by atoms with van der Waals surface area (Å²) in [6.07, 6.45) is 15.5. The molecule has 406 valence electrons. The standard InChI is InChI=1S/C33H36N6O2.C15H18N2O3.C11H12N2O4/c1-36(21-27-18-24-9-5-7-11-29(24)38(27)3)31(40)15-13-23-17-26(33(34)35-20-23)14-16-32(41)37(2)22-28-19-25-10-6-8-12-30(25)39(28)4;1-15(2,3)20-13(19)7-4-10-8-11-5-6-12(18)17-14(11)16-9-10;12-11-8(2-4-10(16)17)5-7(6-13-11)1-3-9(14)15/h5-13,15,17-20H,14,16,21-22H2,1-4H3,(H2,34,35);4,7-9H,5-6H2,1-3H3,(H,16,17,18);1,3,5-6H,2,4H2,(H2,12,13)(H,14,15)(H,16,17)/b15-13+;7-4+;3-1+. The molecule has 0 saturated heterocycles. The minimum absolute atomic E-state index is 0.0120. The van der Waals surface area contributed by atoms with Crippen molar-refractivity contribution in [1.82, 2.24) is 33.9 Å². The average molecular weight is 1060 g/mol. The van der Waals surface area contributed by atoms with Crippen LogP contribution in [0.15, 0.2) is 116 Å². The number of hydrogen-bond donors (Lipinski definition) is 5. The van der Waals surface area contributed by atoms with Gasteiger partial charge in [0, 0.05) is 107 Å².